The first kappa shape index (κ1) is 12.9. The van der Waals surface area contributed by atoms with Gasteiger partial charge in [-0.15, -0.1) is 0 Å². The minimum Gasteiger partial charge on any atom is -0.444 e. The van der Waals surface area contributed by atoms with Crippen LogP contribution < -0.4 is 10.6 Å². The zero-order valence-electron chi connectivity index (χ0n) is 11.1. The Labute approximate surface area is 106 Å². The fourth-order valence-corrected chi connectivity index (χ4v) is 1.90. The van der Waals surface area contributed by atoms with Gasteiger partial charge in [0.15, 0.2) is 0 Å². The van der Waals surface area contributed by atoms with E-state index >= 15 is 0 Å². The van der Waals surface area contributed by atoms with E-state index < -0.39 is 11.7 Å². The number of nitrogens with zero attached hydrogens (tertiary/aromatic N) is 1. The molecule has 0 radical (unpaired) electrons. The molecule has 0 aromatic carbocycles. The van der Waals surface area contributed by atoms with Crippen LogP contribution in [-0.4, -0.2) is 28.4 Å². The van der Waals surface area contributed by atoms with Crippen molar-refractivity contribution in [3.63, 3.8) is 0 Å². The van der Waals surface area contributed by atoms with Crippen LogP contribution in [0.4, 0.5) is 4.79 Å². The van der Waals surface area contributed by atoms with Crippen molar-refractivity contribution in [1.29, 1.82) is 0 Å². The molecule has 6 nitrogen and oxygen atoms in total. The summed E-state index contributed by atoms with van der Waals surface area (Å²) in [4.78, 5) is 11.5. The average molecular weight is 252 g/mol. The number of aromatic nitrogens is 2. The first-order valence-electron chi connectivity index (χ1n) is 6.18. The van der Waals surface area contributed by atoms with Crippen molar-refractivity contribution in [2.24, 2.45) is 0 Å². The summed E-state index contributed by atoms with van der Waals surface area (Å²) >= 11 is 0. The number of aromatic amines is 1. The van der Waals surface area contributed by atoms with Crippen LogP contribution in [0.1, 0.15) is 37.7 Å². The molecule has 2 rings (SSSR count). The smallest absolute Gasteiger partial charge is 0.407 e. The molecule has 2 heterocycles. The number of carbonyl (C=O) groups excluding carboxylic acids is 1. The largest absolute Gasteiger partial charge is 0.444 e. The summed E-state index contributed by atoms with van der Waals surface area (Å²) in [6, 6.07) is 0. The van der Waals surface area contributed by atoms with E-state index in [4.69, 9.17) is 4.74 Å². The second-order valence-corrected chi connectivity index (χ2v) is 5.41. The maximum atomic E-state index is 11.5. The van der Waals surface area contributed by atoms with E-state index in [9.17, 15) is 4.79 Å². The van der Waals surface area contributed by atoms with Gasteiger partial charge in [0.25, 0.3) is 0 Å². The van der Waals surface area contributed by atoms with Crippen molar-refractivity contribution < 1.29 is 9.53 Å². The van der Waals surface area contributed by atoms with Crippen LogP contribution in [0.5, 0.6) is 0 Å². The summed E-state index contributed by atoms with van der Waals surface area (Å²) in [6.45, 7) is 7.68. The summed E-state index contributed by atoms with van der Waals surface area (Å²) in [5.41, 5.74) is 2.73. The van der Waals surface area contributed by atoms with Gasteiger partial charge in [0, 0.05) is 30.8 Å². The fraction of sp³-hybridized carbons (Fsp3) is 0.667. The Morgan fingerprint density at radius 1 is 1.50 bits per heavy atom. The number of H-pyrrole nitrogens is 1. The van der Waals surface area contributed by atoms with Gasteiger partial charge in [0.1, 0.15) is 5.60 Å². The number of hydrogen-bond donors (Lipinski definition) is 3. The molecule has 1 aromatic heterocycles. The zero-order valence-corrected chi connectivity index (χ0v) is 11.1. The first-order chi connectivity index (χ1) is 8.46. The summed E-state index contributed by atoms with van der Waals surface area (Å²) in [5.74, 6) is 0. The Morgan fingerprint density at radius 2 is 2.28 bits per heavy atom. The van der Waals surface area contributed by atoms with E-state index in [1.807, 2.05) is 20.8 Å². The monoisotopic (exact) mass is 252 g/mol. The van der Waals surface area contributed by atoms with Crippen LogP contribution in [0.25, 0.3) is 0 Å². The van der Waals surface area contributed by atoms with Crippen LogP contribution in [0.3, 0.4) is 0 Å². The van der Waals surface area contributed by atoms with Gasteiger partial charge in [-0.1, -0.05) is 0 Å². The third kappa shape index (κ3) is 3.22. The number of ether oxygens (including phenoxy) is 1. The van der Waals surface area contributed by atoms with E-state index in [1.165, 1.54) is 0 Å². The maximum Gasteiger partial charge on any atom is 0.407 e. The lowest BCUT2D eigenvalue weighted by Gasteiger charge is -2.19. The van der Waals surface area contributed by atoms with E-state index in [0.29, 0.717) is 6.54 Å². The molecule has 0 bridgehead atoms. The Bertz CT molecular complexity index is 434. The molecule has 0 spiro atoms. The number of alkyl carbamates (subject to hydrolysis) is 1. The Balaban J connectivity index is 1.91. The highest BCUT2D eigenvalue weighted by atomic mass is 16.6. The second kappa shape index (κ2) is 4.97. The summed E-state index contributed by atoms with van der Waals surface area (Å²) < 4.78 is 5.18. The van der Waals surface area contributed by atoms with E-state index in [1.54, 1.807) is 0 Å². The Morgan fingerprint density at radius 3 is 3.00 bits per heavy atom. The van der Waals surface area contributed by atoms with Gasteiger partial charge in [0.05, 0.1) is 12.2 Å². The van der Waals surface area contributed by atoms with Gasteiger partial charge in [-0.05, 0) is 20.8 Å². The lowest BCUT2D eigenvalue weighted by Crippen LogP contribution is -2.32. The second-order valence-electron chi connectivity index (χ2n) is 5.41. The molecule has 1 aliphatic rings. The Hall–Kier alpha value is -1.56. The highest BCUT2D eigenvalue weighted by molar-refractivity contribution is 5.67. The third-order valence-electron chi connectivity index (χ3n) is 2.69. The maximum absolute atomic E-state index is 11.5. The molecule has 6 heteroatoms. The third-order valence-corrected chi connectivity index (χ3v) is 2.69. The van der Waals surface area contributed by atoms with Crippen LogP contribution in [-0.2, 0) is 24.2 Å². The van der Waals surface area contributed by atoms with E-state index in [0.717, 1.165) is 36.5 Å². The topological polar surface area (TPSA) is 79.0 Å². The van der Waals surface area contributed by atoms with Gasteiger partial charge in [-0.25, -0.2) is 4.79 Å². The van der Waals surface area contributed by atoms with Gasteiger partial charge in [0.2, 0.25) is 0 Å². The van der Waals surface area contributed by atoms with Crippen molar-refractivity contribution in [2.75, 3.05) is 6.54 Å². The van der Waals surface area contributed by atoms with Crippen molar-refractivity contribution in [2.45, 2.75) is 45.9 Å². The Kier molecular flexibility index (Phi) is 3.56. The van der Waals surface area contributed by atoms with Crippen LogP contribution in [0, 0.1) is 0 Å². The predicted octanol–water partition coefficient (Wildman–Crippen LogP) is 1.08. The van der Waals surface area contributed by atoms with Crippen molar-refractivity contribution in [3.8, 4) is 0 Å². The molecule has 1 amide bonds. The van der Waals surface area contributed by atoms with E-state index in [2.05, 4.69) is 20.8 Å². The molecule has 0 saturated carbocycles. The molecule has 0 aliphatic carbocycles. The molecule has 100 valence electrons. The molecule has 18 heavy (non-hydrogen) atoms. The highest BCUT2D eigenvalue weighted by Gasteiger charge is 2.19. The van der Waals surface area contributed by atoms with Gasteiger partial charge in [-0.2, -0.15) is 5.10 Å². The lowest BCUT2D eigenvalue weighted by atomic mass is 10.1. The molecule has 1 aromatic rings. The summed E-state index contributed by atoms with van der Waals surface area (Å²) in [6.07, 6.45) is 0.539. The van der Waals surface area contributed by atoms with Gasteiger partial charge >= 0.3 is 6.09 Å². The first-order valence-corrected chi connectivity index (χ1v) is 6.18. The average Bonchev–Trinajstić information content (AvgIpc) is 2.67. The number of amides is 1. The zero-order chi connectivity index (χ0) is 13.2. The molecule has 0 atom stereocenters. The quantitative estimate of drug-likeness (QED) is 0.736. The number of fused-ring (bicyclic) bond motifs is 1. The highest BCUT2D eigenvalue weighted by Crippen LogP contribution is 2.15. The molecule has 0 fully saturated rings. The SMILES string of the molecule is CC(C)(C)OC(=O)NCc1n[nH]c2c1CNCC2. The van der Waals surface area contributed by atoms with E-state index in [-0.39, 0.29) is 0 Å². The van der Waals surface area contributed by atoms with Crippen molar-refractivity contribution in [3.05, 3.63) is 17.0 Å². The van der Waals surface area contributed by atoms with Crippen molar-refractivity contribution in [1.82, 2.24) is 20.8 Å². The predicted molar refractivity (Wildman–Crippen MR) is 67.1 cm³/mol. The lowest BCUT2D eigenvalue weighted by molar-refractivity contribution is 0.0523. The molecule has 0 unspecified atom stereocenters. The van der Waals surface area contributed by atoms with Crippen LogP contribution >= 0.6 is 0 Å². The van der Waals surface area contributed by atoms with Gasteiger partial charge < -0.3 is 15.4 Å². The van der Waals surface area contributed by atoms with Crippen LogP contribution in [0.15, 0.2) is 0 Å². The number of nitrogens with one attached hydrogen (secondary N) is 3. The minimum absolute atomic E-state index is 0.391. The van der Waals surface area contributed by atoms with Crippen LogP contribution in [0.2, 0.25) is 0 Å². The molecule has 3 N–H and O–H groups in total. The number of carbonyl (C=O) groups is 1. The van der Waals surface area contributed by atoms with Crippen molar-refractivity contribution >= 4 is 6.09 Å². The summed E-state index contributed by atoms with van der Waals surface area (Å²) in [7, 11) is 0. The van der Waals surface area contributed by atoms with Gasteiger partial charge in [-0.3, -0.25) is 5.10 Å². The number of rotatable bonds is 2. The standard InChI is InChI=1S/C12H20N4O2/c1-12(2,3)18-11(17)14-7-10-8-6-13-5-4-9(8)15-16-10/h13H,4-7H2,1-3H3,(H,14,17)(H,15,16). The molecule has 1 aliphatic heterocycles. The fourth-order valence-electron chi connectivity index (χ4n) is 1.90. The molecular formula is C12H20N4O2. The number of hydrogen-bond acceptors (Lipinski definition) is 4. The summed E-state index contributed by atoms with van der Waals surface area (Å²) in [5, 5.41) is 13.3. The minimum atomic E-state index is -0.476. The molecular weight excluding hydrogens is 232 g/mol. The normalized spacial score (nSPS) is 15.1. The molecule has 0 saturated heterocycles.